The van der Waals surface area contributed by atoms with Gasteiger partial charge in [-0.25, -0.2) is 4.98 Å². The van der Waals surface area contributed by atoms with Crippen molar-refractivity contribution in [2.75, 3.05) is 40.4 Å². The number of amides is 1. The summed E-state index contributed by atoms with van der Waals surface area (Å²) in [7, 11) is 3.54. The lowest BCUT2D eigenvalue weighted by Gasteiger charge is -2.46. The van der Waals surface area contributed by atoms with Crippen molar-refractivity contribution in [3.8, 4) is 11.4 Å². The lowest BCUT2D eigenvalue weighted by atomic mass is 9.89. The molecule has 4 rings (SSSR count). The first-order chi connectivity index (χ1) is 13.1. The van der Waals surface area contributed by atoms with Gasteiger partial charge in [0.25, 0.3) is 0 Å². The van der Waals surface area contributed by atoms with Crippen molar-refractivity contribution in [3.05, 3.63) is 42.5 Å². The SMILES string of the molecule is COc1ccc(-n2ccnc2CN2CCC3(CC2)CN(C)C(=O)CO3)cc1. The minimum absolute atomic E-state index is 0.0737. The van der Waals surface area contributed by atoms with E-state index in [1.165, 1.54) is 0 Å². The summed E-state index contributed by atoms with van der Waals surface area (Å²) in [6.45, 7) is 3.58. The fraction of sp³-hybridized carbons (Fsp3) is 0.500. The van der Waals surface area contributed by atoms with E-state index in [1.807, 2.05) is 43.7 Å². The third-order valence-corrected chi connectivity index (χ3v) is 5.65. The molecule has 3 heterocycles. The number of benzene rings is 1. The number of imidazole rings is 1. The first kappa shape index (κ1) is 18.0. The number of nitrogens with zero attached hydrogens (tertiary/aromatic N) is 4. The predicted octanol–water partition coefficient (Wildman–Crippen LogP) is 1.70. The topological polar surface area (TPSA) is 59.8 Å². The summed E-state index contributed by atoms with van der Waals surface area (Å²) >= 11 is 0. The summed E-state index contributed by atoms with van der Waals surface area (Å²) in [5.41, 5.74) is 0.900. The van der Waals surface area contributed by atoms with Crippen LogP contribution >= 0.6 is 0 Å². The molecule has 1 aromatic carbocycles. The van der Waals surface area contributed by atoms with Gasteiger partial charge in [0, 0.05) is 44.8 Å². The molecule has 27 heavy (non-hydrogen) atoms. The van der Waals surface area contributed by atoms with E-state index in [4.69, 9.17) is 9.47 Å². The second kappa shape index (κ2) is 7.32. The van der Waals surface area contributed by atoms with Gasteiger partial charge in [-0.05, 0) is 37.1 Å². The molecule has 0 radical (unpaired) electrons. The van der Waals surface area contributed by atoms with Gasteiger partial charge in [-0.3, -0.25) is 9.69 Å². The number of carbonyl (C=O) groups excluding carboxylic acids is 1. The summed E-state index contributed by atoms with van der Waals surface area (Å²) in [6, 6.07) is 8.00. The number of methoxy groups -OCH3 is 1. The van der Waals surface area contributed by atoms with E-state index >= 15 is 0 Å². The fourth-order valence-electron chi connectivity index (χ4n) is 3.94. The van der Waals surface area contributed by atoms with Crippen LogP contribution in [0.25, 0.3) is 5.69 Å². The first-order valence-corrected chi connectivity index (χ1v) is 9.35. The number of piperidine rings is 1. The summed E-state index contributed by atoms with van der Waals surface area (Å²) in [4.78, 5) is 20.5. The highest BCUT2D eigenvalue weighted by Gasteiger charge is 2.41. The van der Waals surface area contributed by atoms with Gasteiger partial charge in [0.05, 0.1) is 19.3 Å². The number of hydrogen-bond acceptors (Lipinski definition) is 5. The third kappa shape index (κ3) is 3.70. The zero-order valence-electron chi connectivity index (χ0n) is 15.9. The zero-order chi connectivity index (χ0) is 18.9. The van der Waals surface area contributed by atoms with Crippen molar-refractivity contribution in [3.63, 3.8) is 0 Å². The van der Waals surface area contributed by atoms with Crippen molar-refractivity contribution in [1.82, 2.24) is 19.4 Å². The molecule has 2 aliphatic heterocycles. The van der Waals surface area contributed by atoms with Gasteiger partial charge in [0.2, 0.25) is 5.91 Å². The number of aromatic nitrogens is 2. The van der Waals surface area contributed by atoms with E-state index in [1.54, 1.807) is 12.0 Å². The van der Waals surface area contributed by atoms with Gasteiger partial charge in [-0.1, -0.05) is 0 Å². The predicted molar refractivity (Wildman–Crippen MR) is 101 cm³/mol. The maximum Gasteiger partial charge on any atom is 0.248 e. The van der Waals surface area contributed by atoms with Crippen LogP contribution in [0.4, 0.5) is 0 Å². The average molecular weight is 370 g/mol. The lowest BCUT2D eigenvalue weighted by molar-refractivity contribution is -0.169. The van der Waals surface area contributed by atoms with Crippen LogP contribution < -0.4 is 4.74 Å². The highest BCUT2D eigenvalue weighted by molar-refractivity contribution is 5.78. The number of rotatable bonds is 4. The Morgan fingerprint density at radius 2 is 1.96 bits per heavy atom. The summed E-state index contributed by atoms with van der Waals surface area (Å²) in [5, 5.41) is 0. The molecule has 1 aromatic heterocycles. The molecule has 2 fully saturated rings. The highest BCUT2D eigenvalue weighted by atomic mass is 16.5. The summed E-state index contributed by atoms with van der Waals surface area (Å²) in [6.07, 6.45) is 5.71. The molecule has 2 aliphatic rings. The Balaban J connectivity index is 1.40. The van der Waals surface area contributed by atoms with Crippen molar-refractivity contribution in [2.45, 2.75) is 25.0 Å². The maximum absolute atomic E-state index is 11.7. The van der Waals surface area contributed by atoms with Crippen molar-refractivity contribution < 1.29 is 14.3 Å². The van der Waals surface area contributed by atoms with Gasteiger partial charge in [-0.2, -0.15) is 0 Å². The molecule has 2 aromatic rings. The number of carbonyl (C=O) groups is 1. The Bertz CT molecular complexity index is 794. The first-order valence-electron chi connectivity index (χ1n) is 9.35. The summed E-state index contributed by atoms with van der Waals surface area (Å²) in [5.74, 6) is 1.94. The Hall–Kier alpha value is -2.38. The van der Waals surface area contributed by atoms with Crippen LogP contribution in [0.5, 0.6) is 5.75 Å². The molecule has 2 saturated heterocycles. The van der Waals surface area contributed by atoms with Crippen LogP contribution in [0.2, 0.25) is 0 Å². The van der Waals surface area contributed by atoms with Crippen LogP contribution in [0, 0.1) is 0 Å². The maximum atomic E-state index is 11.7. The molecule has 0 aliphatic carbocycles. The Labute approximate surface area is 159 Å². The fourth-order valence-corrected chi connectivity index (χ4v) is 3.94. The normalized spacial score (nSPS) is 20.2. The van der Waals surface area contributed by atoms with E-state index < -0.39 is 0 Å². The number of morpholine rings is 1. The molecule has 0 unspecified atom stereocenters. The molecule has 7 heteroatoms. The van der Waals surface area contributed by atoms with Gasteiger partial charge >= 0.3 is 0 Å². The molecule has 144 valence electrons. The van der Waals surface area contributed by atoms with Crippen LogP contribution in [-0.4, -0.2) is 71.3 Å². The van der Waals surface area contributed by atoms with Gasteiger partial charge in [0.15, 0.2) is 0 Å². The van der Waals surface area contributed by atoms with Crippen molar-refractivity contribution >= 4 is 5.91 Å². The molecule has 0 bridgehead atoms. The molecular formula is C20H26N4O3. The zero-order valence-corrected chi connectivity index (χ0v) is 15.9. The van der Waals surface area contributed by atoms with E-state index in [9.17, 15) is 4.79 Å². The number of likely N-dealkylation sites (N-methyl/N-ethyl adjacent to an activating group) is 1. The molecule has 0 atom stereocenters. The molecule has 0 N–H and O–H groups in total. The second-order valence-corrected chi connectivity index (χ2v) is 7.41. The quantitative estimate of drug-likeness (QED) is 0.820. The number of likely N-dealkylation sites (tertiary alicyclic amines) is 1. The lowest BCUT2D eigenvalue weighted by Crippen LogP contribution is -2.57. The number of ether oxygens (including phenoxy) is 2. The second-order valence-electron chi connectivity index (χ2n) is 7.41. The number of hydrogen-bond donors (Lipinski definition) is 0. The summed E-state index contributed by atoms with van der Waals surface area (Å²) < 4.78 is 13.3. The molecule has 7 nitrogen and oxygen atoms in total. The van der Waals surface area contributed by atoms with Crippen LogP contribution in [0.3, 0.4) is 0 Å². The molecule has 1 amide bonds. The smallest absolute Gasteiger partial charge is 0.248 e. The van der Waals surface area contributed by atoms with Gasteiger partial charge in [0.1, 0.15) is 18.2 Å². The van der Waals surface area contributed by atoms with Crippen LogP contribution in [-0.2, 0) is 16.1 Å². The van der Waals surface area contributed by atoms with Crippen LogP contribution in [0.1, 0.15) is 18.7 Å². The van der Waals surface area contributed by atoms with Gasteiger partial charge < -0.3 is 18.9 Å². The monoisotopic (exact) mass is 370 g/mol. The van der Waals surface area contributed by atoms with E-state index in [0.717, 1.165) is 49.7 Å². The van der Waals surface area contributed by atoms with E-state index in [-0.39, 0.29) is 18.1 Å². The van der Waals surface area contributed by atoms with E-state index in [2.05, 4.69) is 14.5 Å². The minimum Gasteiger partial charge on any atom is -0.497 e. The Morgan fingerprint density at radius 3 is 2.63 bits per heavy atom. The average Bonchev–Trinajstić information content (AvgIpc) is 3.15. The Morgan fingerprint density at radius 1 is 1.22 bits per heavy atom. The van der Waals surface area contributed by atoms with Crippen LogP contribution in [0.15, 0.2) is 36.7 Å². The van der Waals surface area contributed by atoms with Crippen molar-refractivity contribution in [2.24, 2.45) is 0 Å². The third-order valence-electron chi connectivity index (χ3n) is 5.65. The molecule has 1 spiro atoms. The van der Waals surface area contributed by atoms with E-state index in [0.29, 0.717) is 6.54 Å². The largest absolute Gasteiger partial charge is 0.497 e. The van der Waals surface area contributed by atoms with Crippen molar-refractivity contribution in [1.29, 1.82) is 0 Å². The van der Waals surface area contributed by atoms with Gasteiger partial charge in [-0.15, -0.1) is 0 Å². The molecule has 0 saturated carbocycles. The molecular weight excluding hydrogens is 344 g/mol. The minimum atomic E-state index is -0.176. The Kier molecular flexibility index (Phi) is 4.88. The standard InChI is InChI=1S/C20H26N4O3/c1-22-15-20(27-14-19(22)25)7-10-23(11-8-20)13-18-21-9-12-24(18)16-3-5-17(26-2)6-4-16/h3-6,9,12H,7-8,10-11,13-15H2,1-2H3. The highest BCUT2D eigenvalue weighted by Crippen LogP contribution is 2.30.